The molecule has 0 bridgehead atoms. The van der Waals surface area contributed by atoms with E-state index in [4.69, 9.17) is 27.2 Å². The largest absolute Gasteiger partial charge is 0.451 e. The van der Waals surface area contributed by atoms with Crippen molar-refractivity contribution in [1.82, 2.24) is 8.61 Å². The Hall–Kier alpha value is -0.755. The van der Waals surface area contributed by atoms with E-state index >= 15 is 0 Å². The van der Waals surface area contributed by atoms with Gasteiger partial charge in [-0.3, -0.25) is 4.79 Å². The van der Waals surface area contributed by atoms with Crippen LogP contribution in [0.3, 0.4) is 0 Å². The third-order valence-electron chi connectivity index (χ3n) is 5.43. The molecule has 0 aromatic carbocycles. The zero-order valence-electron chi connectivity index (χ0n) is 15.8. The van der Waals surface area contributed by atoms with Gasteiger partial charge in [0.25, 0.3) is 5.91 Å². The molecule has 12 heteroatoms. The zero-order chi connectivity index (χ0) is 20.4. The maximum Gasteiger partial charge on any atom is 0.451 e. The molecule has 8 N–H and O–H groups in total. The van der Waals surface area contributed by atoms with Crippen LogP contribution in [-0.4, -0.2) is 77.9 Å². The lowest BCUT2D eigenvalue weighted by Crippen LogP contribution is -2.54. The second kappa shape index (κ2) is 8.72. The van der Waals surface area contributed by atoms with Gasteiger partial charge in [-0.05, 0) is 44.3 Å². The van der Waals surface area contributed by atoms with Crippen LogP contribution in [0, 0.1) is 11.8 Å². The van der Waals surface area contributed by atoms with Crippen LogP contribution in [0.5, 0.6) is 0 Å². The topological polar surface area (TPSA) is 176 Å². The summed E-state index contributed by atoms with van der Waals surface area (Å²) in [5, 5.41) is 18.0. The molecule has 1 amide bonds. The Bertz CT molecular complexity index is 628. The van der Waals surface area contributed by atoms with Crippen LogP contribution in [0.1, 0.15) is 32.6 Å². The highest BCUT2D eigenvalue weighted by Gasteiger charge is 2.48. The van der Waals surface area contributed by atoms with E-state index in [1.54, 1.807) is 6.92 Å². The molecule has 3 atom stereocenters. The van der Waals surface area contributed by atoms with Gasteiger partial charge in [-0.2, -0.15) is 12.7 Å². The Balaban J connectivity index is 2.13. The van der Waals surface area contributed by atoms with Crippen molar-refractivity contribution < 1.29 is 23.3 Å². The molecule has 1 saturated carbocycles. The van der Waals surface area contributed by atoms with E-state index < -0.39 is 34.8 Å². The number of hydrogen-bond donors (Lipinski definition) is 5. The van der Waals surface area contributed by atoms with Crippen molar-refractivity contribution in [2.24, 2.45) is 29.0 Å². The van der Waals surface area contributed by atoms with Crippen LogP contribution in [0.25, 0.3) is 0 Å². The molecular formula is C15H32BN5O5S. The summed E-state index contributed by atoms with van der Waals surface area (Å²) in [5.41, 5.74) is 16.7. The molecule has 1 saturated heterocycles. The van der Waals surface area contributed by atoms with E-state index in [2.05, 4.69) is 0 Å². The van der Waals surface area contributed by atoms with Crippen LogP contribution in [0.15, 0.2) is 0 Å². The van der Waals surface area contributed by atoms with Gasteiger partial charge in [0.15, 0.2) is 0 Å². The average Bonchev–Trinajstić information content (AvgIpc) is 3.34. The fourth-order valence-corrected chi connectivity index (χ4v) is 5.28. The Kier molecular flexibility index (Phi) is 7.28. The van der Waals surface area contributed by atoms with E-state index in [1.807, 2.05) is 0 Å². The second-order valence-electron chi connectivity index (χ2n) is 8.07. The Labute approximate surface area is 161 Å². The first-order valence-electron chi connectivity index (χ1n) is 9.41. The smallest absolute Gasteiger partial charge is 0.427 e. The van der Waals surface area contributed by atoms with Gasteiger partial charge >= 0.3 is 17.3 Å². The number of amides is 1. The van der Waals surface area contributed by atoms with E-state index in [9.17, 15) is 13.2 Å². The standard InChI is InChI=1S/C15H32BN5O5S/c1-15(19)10-20(9-12(15)3-2-6-16(23)24)27(25,26)21(8-11-4-5-11)14(22)13(18)7-17/h11-13,23-24H,2-10,17-19H2,1H3/t12-,13?,15-/m0/s1. The van der Waals surface area contributed by atoms with E-state index in [0.29, 0.717) is 12.8 Å². The van der Waals surface area contributed by atoms with Crippen LogP contribution in [0.4, 0.5) is 0 Å². The van der Waals surface area contributed by atoms with Crippen molar-refractivity contribution in [2.75, 3.05) is 26.2 Å². The quantitative estimate of drug-likeness (QED) is 0.251. The first-order valence-corrected chi connectivity index (χ1v) is 10.8. The SMILES string of the molecule is C[C@]1(N)CN(S(=O)(=O)N(CC2CC2)C(=O)C(N)CN)C[C@@H]1CCCB(O)O. The number of rotatable bonds is 10. The molecule has 156 valence electrons. The van der Waals surface area contributed by atoms with Gasteiger partial charge in [0, 0.05) is 31.7 Å². The monoisotopic (exact) mass is 405 g/mol. The molecule has 2 aliphatic rings. The molecule has 2 fully saturated rings. The van der Waals surface area contributed by atoms with Crippen molar-refractivity contribution in [3.63, 3.8) is 0 Å². The van der Waals surface area contributed by atoms with Crippen molar-refractivity contribution >= 4 is 23.2 Å². The lowest BCUT2D eigenvalue weighted by atomic mass is 9.79. The summed E-state index contributed by atoms with van der Waals surface area (Å²) < 4.78 is 28.5. The summed E-state index contributed by atoms with van der Waals surface area (Å²) in [5.74, 6) is -0.663. The lowest BCUT2D eigenvalue weighted by molar-refractivity contribution is -0.128. The van der Waals surface area contributed by atoms with Gasteiger partial charge in [0.05, 0.1) is 6.04 Å². The number of carbonyl (C=O) groups excluding carboxylic acids is 1. The number of nitrogens with two attached hydrogens (primary N) is 3. The average molecular weight is 405 g/mol. The van der Waals surface area contributed by atoms with Gasteiger partial charge in [0.1, 0.15) is 0 Å². The minimum absolute atomic E-state index is 0.0913. The van der Waals surface area contributed by atoms with Gasteiger partial charge in [0.2, 0.25) is 0 Å². The number of hydrogen-bond acceptors (Lipinski definition) is 8. The van der Waals surface area contributed by atoms with Crippen LogP contribution >= 0.6 is 0 Å². The van der Waals surface area contributed by atoms with Gasteiger partial charge < -0.3 is 27.2 Å². The Morgan fingerprint density at radius 2 is 2.04 bits per heavy atom. The minimum atomic E-state index is -4.05. The zero-order valence-corrected chi connectivity index (χ0v) is 16.6. The molecule has 2 rings (SSSR count). The molecule has 1 heterocycles. The first-order chi connectivity index (χ1) is 12.5. The van der Waals surface area contributed by atoms with Crippen molar-refractivity contribution in [2.45, 2.75) is 50.5 Å². The molecule has 10 nitrogen and oxygen atoms in total. The molecule has 27 heavy (non-hydrogen) atoms. The third kappa shape index (κ3) is 5.62. The highest BCUT2D eigenvalue weighted by Crippen LogP contribution is 2.35. The summed E-state index contributed by atoms with van der Waals surface area (Å²) in [6, 6.07) is -1.06. The van der Waals surface area contributed by atoms with Crippen LogP contribution in [0.2, 0.25) is 6.32 Å². The highest BCUT2D eigenvalue weighted by atomic mass is 32.2. The molecule has 1 aliphatic heterocycles. The summed E-state index contributed by atoms with van der Waals surface area (Å²) in [7, 11) is -5.44. The van der Waals surface area contributed by atoms with E-state index in [-0.39, 0.29) is 44.3 Å². The Morgan fingerprint density at radius 1 is 1.41 bits per heavy atom. The van der Waals surface area contributed by atoms with Crippen LogP contribution in [-0.2, 0) is 15.0 Å². The second-order valence-corrected chi connectivity index (χ2v) is 9.92. The van der Waals surface area contributed by atoms with Gasteiger partial charge in [-0.1, -0.05) is 6.42 Å². The first kappa shape index (κ1) is 22.5. The third-order valence-corrected chi connectivity index (χ3v) is 7.25. The Morgan fingerprint density at radius 3 is 2.56 bits per heavy atom. The molecule has 0 radical (unpaired) electrons. The molecule has 0 spiro atoms. The normalized spacial score (nSPS) is 27.6. The summed E-state index contributed by atoms with van der Waals surface area (Å²) >= 11 is 0. The predicted octanol–water partition coefficient (Wildman–Crippen LogP) is -2.34. The van der Waals surface area contributed by atoms with Gasteiger partial charge in [-0.25, -0.2) is 4.31 Å². The maximum atomic E-state index is 13.2. The summed E-state index contributed by atoms with van der Waals surface area (Å²) in [6.45, 7) is 2.04. The molecule has 0 aromatic rings. The maximum absolute atomic E-state index is 13.2. The van der Waals surface area contributed by atoms with Crippen molar-refractivity contribution in [3.05, 3.63) is 0 Å². The van der Waals surface area contributed by atoms with Crippen LogP contribution < -0.4 is 17.2 Å². The fourth-order valence-electron chi connectivity index (χ4n) is 3.43. The number of nitrogens with zero attached hydrogens (tertiary/aromatic N) is 2. The van der Waals surface area contributed by atoms with Crippen molar-refractivity contribution in [3.8, 4) is 0 Å². The fraction of sp³-hybridized carbons (Fsp3) is 0.933. The highest BCUT2D eigenvalue weighted by molar-refractivity contribution is 7.87. The minimum Gasteiger partial charge on any atom is -0.427 e. The molecular weight excluding hydrogens is 373 g/mol. The molecule has 1 unspecified atom stereocenters. The molecule has 0 aromatic heterocycles. The lowest BCUT2D eigenvalue weighted by Gasteiger charge is -2.29. The van der Waals surface area contributed by atoms with E-state index in [0.717, 1.165) is 17.1 Å². The summed E-state index contributed by atoms with van der Waals surface area (Å²) in [4.78, 5) is 12.6. The predicted molar refractivity (Wildman–Crippen MR) is 102 cm³/mol. The number of carbonyl (C=O) groups is 1. The van der Waals surface area contributed by atoms with E-state index in [1.165, 1.54) is 4.31 Å². The van der Waals surface area contributed by atoms with Crippen molar-refractivity contribution in [1.29, 1.82) is 0 Å². The summed E-state index contributed by atoms with van der Waals surface area (Å²) in [6.07, 6.45) is 3.06. The molecule has 1 aliphatic carbocycles. The van der Waals surface area contributed by atoms with Gasteiger partial charge in [-0.15, -0.1) is 0 Å².